The molecule has 0 radical (unpaired) electrons. The average Bonchev–Trinajstić information content (AvgIpc) is 2.49. The SMILES string of the molecule is CC1=CCC(O)(c2ccccc2)C1=O. The van der Waals surface area contributed by atoms with Gasteiger partial charge in [0, 0.05) is 6.42 Å². The standard InChI is InChI=1S/C12H12O2/c1-9-7-8-12(14,11(9)13)10-5-3-2-4-6-10/h2-7,14H,8H2,1H3. The molecule has 1 aromatic carbocycles. The van der Waals surface area contributed by atoms with E-state index in [1.54, 1.807) is 25.1 Å². The zero-order chi connectivity index (χ0) is 10.2. The summed E-state index contributed by atoms with van der Waals surface area (Å²) in [5.74, 6) is -0.177. The summed E-state index contributed by atoms with van der Waals surface area (Å²) in [5, 5.41) is 10.2. The van der Waals surface area contributed by atoms with Crippen LogP contribution in [0.3, 0.4) is 0 Å². The molecule has 0 spiro atoms. The third-order valence-electron chi connectivity index (χ3n) is 2.69. The lowest BCUT2D eigenvalue weighted by Gasteiger charge is -2.21. The number of Topliss-reactive ketones (excluding diaryl/α,β-unsaturated/α-hetero) is 1. The van der Waals surface area contributed by atoms with E-state index >= 15 is 0 Å². The van der Waals surface area contributed by atoms with Crippen LogP contribution in [0.5, 0.6) is 0 Å². The van der Waals surface area contributed by atoms with Crippen LogP contribution in [0.25, 0.3) is 0 Å². The molecule has 0 aliphatic heterocycles. The number of rotatable bonds is 1. The molecule has 0 fully saturated rings. The first-order valence-electron chi connectivity index (χ1n) is 4.64. The van der Waals surface area contributed by atoms with Crippen molar-refractivity contribution in [2.75, 3.05) is 0 Å². The van der Waals surface area contributed by atoms with E-state index in [0.717, 1.165) is 0 Å². The van der Waals surface area contributed by atoms with Crippen LogP contribution in [0, 0.1) is 0 Å². The first kappa shape index (κ1) is 9.16. The summed E-state index contributed by atoms with van der Waals surface area (Å²) in [6, 6.07) is 9.09. The quantitative estimate of drug-likeness (QED) is 0.729. The van der Waals surface area contributed by atoms with Crippen LogP contribution in [-0.4, -0.2) is 10.9 Å². The molecule has 1 atom stereocenters. The number of carbonyl (C=O) groups is 1. The molecule has 2 heteroatoms. The van der Waals surface area contributed by atoms with Crippen LogP contribution in [0.15, 0.2) is 42.0 Å². The smallest absolute Gasteiger partial charge is 0.194 e. The van der Waals surface area contributed by atoms with E-state index in [-0.39, 0.29) is 5.78 Å². The molecule has 1 aliphatic carbocycles. The Balaban J connectivity index is 2.42. The summed E-state index contributed by atoms with van der Waals surface area (Å²) >= 11 is 0. The molecular formula is C12H12O2. The molecule has 1 unspecified atom stereocenters. The van der Waals surface area contributed by atoms with E-state index in [1.165, 1.54) is 0 Å². The molecule has 1 aromatic rings. The predicted octanol–water partition coefficient (Wildman–Crippen LogP) is 1.79. The molecule has 0 saturated carbocycles. The van der Waals surface area contributed by atoms with Crippen molar-refractivity contribution in [3.8, 4) is 0 Å². The summed E-state index contributed by atoms with van der Waals surface area (Å²) in [4.78, 5) is 11.7. The van der Waals surface area contributed by atoms with Crippen LogP contribution in [0.2, 0.25) is 0 Å². The van der Waals surface area contributed by atoms with Crippen molar-refractivity contribution in [1.29, 1.82) is 0 Å². The number of aliphatic hydroxyl groups is 1. The molecular weight excluding hydrogens is 176 g/mol. The molecule has 0 aromatic heterocycles. The highest BCUT2D eigenvalue weighted by Gasteiger charge is 2.41. The summed E-state index contributed by atoms with van der Waals surface area (Å²) in [6.45, 7) is 1.74. The Labute approximate surface area is 82.9 Å². The largest absolute Gasteiger partial charge is 0.377 e. The van der Waals surface area contributed by atoms with E-state index in [2.05, 4.69) is 0 Å². The second-order valence-electron chi connectivity index (χ2n) is 3.65. The maximum absolute atomic E-state index is 11.7. The maximum atomic E-state index is 11.7. The Morgan fingerprint density at radius 2 is 1.93 bits per heavy atom. The molecule has 1 aliphatic rings. The molecule has 2 rings (SSSR count). The zero-order valence-electron chi connectivity index (χ0n) is 8.03. The van der Waals surface area contributed by atoms with Gasteiger partial charge in [0.15, 0.2) is 11.4 Å². The third-order valence-corrected chi connectivity index (χ3v) is 2.69. The van der Waals surface area contributed by atoms with Crippen molar-refractivity contribution in [1.82, 2.24) is 0 Å². The topological polar surface area (TPSA) is 37.3 Å². The van der Waals surface area contributed by atoms with Gasteiger partial charge in [-0.25, -0.2) is 0 Å². The lowest BCUT2D eigenvalue weighted by Crippen LogP contribution is -2.31. The van der Waals surface area contributed by atoms with Crippen LogP contribution in [-0.2, 0) is 10.4 Å². The van der Waals surface area contributed by atoms with Gasteiger partial charge < -0.3 is 5.11 Å². The molecule has 0 amide bonds. The van der Waals surface area contributed by atoms with Crippen molar-refractivity contribution in [2.24, 2.45) is 0 Å². The van der Waals surface area contributed by atoms with Gasteiger partial charge >= 0.3 is 0 Å². The summed E-state index contributed by atoms with van der Waals surface area (Å²) in [7, 11) is 0. The average molecular weight is 188 g/mol. The number of hydrogen-bond donors (Lipinski definition) is 1. The van der Waals surface area contributed by atoms with Crippen LogP contribution in [0.4, 0.5) is 0 Å². The van der Waals surface area contributed by atoms with E-state index in [1.807, 2.05) is 18.2 Å². The first-order chi connectivity index (χ1) is 6.64. The Bertz CT molecular complexity index is 392. The summed E-state index contributed by atoms with van der Waals surface area (Å²) < 4.78 is 0. The van der Waals surface area contributed by atoms with Crippen LogP contribution < -0.4 is 0 Å². The van der Waals surface area contributed by atoms with Crippen LogP contribution >= 0.6 is 0 Å². The van der Waals surface area contributed by atoms with E-state index in [9.17, 15) is 9.90 Å². The minimum Gasteiger partial charge on any atom is -0.377 e. The lowest BCUT2D eigenvalue weighted by molar-refractivity contribution is -0.132. The highest BCUT2D eigenvalue weighted by molar-refractivity contribution is 6.04. The fraction of sp³-hybridized carbons (Fsp3) is 0.250. The fourth-order valence-corrected chi connectivity index (χ4v) is 1.78. The van der Waals surface area contributed by atoms with E-state index in [0.29, 0.717) is 17.6 Å². The molecule has 72 valence electrons. The Kier molecular flexibility index (Phi) is 2.01. The van der Waals surface area contributed by atoms with Crippen molar-refractivity contribution >= 4 is 5.78 Å². The van der Waals surface area contributed by atoms with Gasteiger partial charge in [-0.1, -0.05) is 36.4 Å². The maximum Gasteiger partial charge on any atom is 0.194 e. The summed E-state index contributed by atoms with van der Waals surface area (Å²) in [5.41, 5.74) is 0.0141. The monoisotopic (exact) mass is 188 g/mol. The molecule has 1 N–H and O–H groups in total. The van der Waals surface area contributed by atoms with Gasteiger partial charge in [0.1, 0.15) is 0 Å². The van der Waals surface area contributed by atoms with Gasteiger partial charge in [0.2, 0.25) is 0 Å². The fourth-order valence-electron chi connectivity index (χ4n) is 1.78. The van der Waals surface area contributed by atoms with E-state index < -0.39 is 5.60 Å². The lowest BCUT2D eigenvalue weighted by atomic mass is 9.89. The van der Waals surface area contributed by atoms with Crippen molar-refractivity contribution < 1.29 is 9.90 Å². The Morgan fingerprint density at radius 1 is 1.29 bits per heavy atom. The predicted molar refractivity (Wildman–Crippen MR) is 53.7 cm³/mol. The minimum absolute atomic E-state index is 0.177. The van der Waals surface area contributed by atoms with Crippen molar-refractivity contribution in [3.05, 3.63) is 47.5 Å². The highest BCUT2D eigenvalue weighted by Crippen LogP contribution is 2.34. The Hall–Kier alpha value is -1.41. The van der Waals surface area contributed by atoms with Gasteiger partial charge in [-0.05, 0) is 18.1 Å². The molecule has 0 saturated heterocycles. The van der Waals surface area contributed by atoms with Gasteiger partial charge in [0.25, 0.3) is 0 Å². The van der Waals surface area contributed by atoms with E-state index in [4.69, 9.17) is 0 Å². The van der Waals surface area contributed by atoms with Gasteiger partial charge in [-0.3, -0.25) is 4.79 Å². The number of hydrogen-bond acceptors (Lipinski definition) is 2. The Morgan fingerprint density at radius 3 is 2.43 bits per heavy atom. The van der Waals surface area contributed by atoms with Gasteiger partial charge in [-0.15, -0.1) is 0 Å². The summed E-state index contributed by atoms with van der Waals surface area (Å²) in [6.07, 6.45) is 2.18. The normalized spacial score (nSPS) is 26.4. The second-order valence-corrected chi connectivity index (χ2v) is 3.65. The number of carbonyl (C=O) groups excluding carboxylic acids is 1. The minimum atomic E-state index is -1.31. The number of benzene rings is 1. The number of ketones is 1. The van der Waals surface area contributed by atoms with Crippen LogP contribution in [0.1, 0.15) is 18.9 Å². The highest BCUT2D eigenvalue weighted by atomic mass is 16.3. The zero-order valence-corrected chi connectivity index (χ0v) is 8.03. The molecule has 2 nitrogen and oxygen atoms in total. The van der Waals surface area contributed by atoms with Crippen molar-refractivity contribution in [2.45, 2.75) is 18.9 Å². The third kappa shape index (κ3) is 1.19. The molecule has 0 bridgehead atoms. The molecule has 0 heterocycles. The first-order valence-corrected chi connectivity index (χ1v) is 4.64. The second kappa shape index (κ2) is 3.07. The van der Waals surface area contributed by atoms with Crippen molar-refractivity contribution in [3.63, 3.8) is 0 Å². The molecule has 14 heavy (non-hydrogen) atoms. The van der Waals surface area contributed by atoms with Gasteiger partial charge in [0.05, 0.1) is 0 Å². The van der Waals surface area contributed by atoms with Gasteiger partial charge in [-0.2, -0.15) is 0 Å².